The maximum absolute atomic E-state index is 12.6. The summed E-state index contributed by atoms with van der Waals surface area (Å²) in [6.45, 7) is 2.84. The van der Waals surface area contributed by atoms with Gasteiger partial charge in [-0.2, -0.15) is 4.99 Å². The molecule has 2 aromatic heterocycles. The molecule has 27 heavy (non-hydrogen) atoms. The van der Waals surface area contributed by atoms with Gasteiger partial charge in [-0.25, -0.2) is 0 Å². The summed E-state index contributed by atoms with van der Waals surface area (Å²) in [5.41, 5.74) is 1.57. The molecule has 0 spiro atoms. The van der Waals surface area contributed by atoms with Gasteiger partial charge in [-0.15, -0.1) is 6.42 Å². The lowest BCUT2D eigenvalue weighted by molar-refractivity contribution is 0.0973. The first-order valence-electron chi connectivity index (χ1n) is 8.47. The van der Waals surface area contributed by atoms with Gasteiger partial charge in [0.1, 0.15) is 11.3 Å². The van der Waals surface area contributed by atoms with E-state index in [9.17, 15) is 4.79 Å². The van der Waals surface area contributed by atoms with Crippen molar-refractivity contribution in [3.63, 3.8) is 0 Å². The van der Waals surface area contributed by atoms with E-state index in [2.05, 4.69) is 10.9 Å². The van der Waals surface area contributed by atoms with Gasteiger partial charge in [-0.05, 0) is 37.3 Å². The van der Waals surface area contributed by atoms with Crippen LogP contribution in [-0.4, -0.2) is 17.1 Å². The summed E-state index contributed by atoms with van der Waals surface area (Å²) < 4.78 is 14.0. The molecule has 2 heterocycles. The van der Waals surface area contributed by atoms with Crippen LogP contribution in [-0.2, 0) is 6.54 Å². The Morgan fingerprint density at radius 3 is 2.93 bits per heavy atom. The Morgan fingerprint density at radius 1 is 1.30 bits per heavy atom. The fraction of sp³-hybridized carbons (Fsp3) is 0.143. The molecule has 2 aromatic carbocycles. The quantitative estimate of drug-likeness (QED) is 0.501. The van der Waals surface area contributed by atoms with E-state index in [0.717, 1.165) is 21.4 Å². The zero-order valence-electron chi connectivity index (χ0n) is 14.6. The van der Waals surface area contributed by atoms with Crippen LogP contribution in [0.15, 0.2) is 57.9 Å². The van der Waals surface area contributed by atoms with Gasteiger partial charge in [0.05, 0.1) is 23.4 Å². The minimum Gasteiger partial charge on any atom is -0.494 e. The average molecular weight is 376 g/mol. The smallest absolute Gasteiger partial charge is 0.315 e. The molecular formula is C21H16N2O3S. The second-order valence-electron chi connectivity index (χ2n) is 5.80. The monoisotopic (exact) mass is 376 g/mol. The first-order valence-corrected chi connectivity index (χ1v) is 9.28. The minimum absolute atomic E-state index is 0.205. The van der Waals surface area contributed by atoms with Crippen molar-refractivity contribution >= 4 is 38.4 Å². The molecule has 0 aliphatic carbocycles. The Kier molecular flexibility index (Phi) is 4.53. The van der Waals surface area contributed by atoms with Gasteiger partial charge in [-0.3, -0.25) is 4.79 Å². The van der Waals surface area contributed by atoms with E-state index in [1.807, 2.05) is 54.0 Å². The third-order valence-electron chi connectivity index (χ3n) is 4.05. The van der Waals surface area contributed by atoms with E-state index in [4.69, 9.17) is 15.6 Å². The second kappa shape index (κ2) is 7.14. The van der Waals surface area contributed by atoms with Gasteiger partial charge in [0.2, 0.25) is 0 Å². The highest BCUT2D eigenvalue weighted by Gasteiger charge is 2.13. The van der Waals surface area contributed by atoms with Crippen molar-refractivity contribution in [2.24, 2.45) is 4.99 Å². The summed E-state index contributed by atoms with van der Waals surface area (Å²) in [5, 5.41) is 0.866. The molecule has 0 aliphatic heterocycles. The Morgan fingerprint density at radius 2 is 2.15 bits per heavy atom. The van der Waals surface area contributed by atoms with Crippen LogP contribution in [0.2, 0.25) is 0 Å². The standard InChI is InChI=1S/C21H16N2O3S/c1-3-11-23-16-10-9-15(25-4-2)13-19(16)27-21(23)22-20(24)18-12-14-7-5-6-8-17(14)26-18/h1,5-10,12-13H,4,11H2,2H3. The Hall–Kier alpha value is -3.30. The third-order valence-corrected chi connectivity index (χ3v) is 5.09. The number of hydrogen-bond donors (Lipinski definition) is 0. The highest BCUT2D eigenvalue weighted by Crippen LogP contribution is 2.24. The largest absolute Gasteiger partial charge is 0.494 e. The number of fused-ring (bicyclic) bond motifs is 2. The zero-order valence-corrected chi connectivity index (χ0v) is 15.5. The lowest BCUT2D eigenvalue weighted by Crippen LogP contribution is -2.16. The molecule has 0 saturated carbocycles. The van der Waals surface area contributed by atoms with Crippen molar-refractivity contribution in [3.05, 3.63) is 59.1 Å². The fourth-order valence-electron chi connectivity index (χ4n) is 2.87. The molecule has 4 aromatic rings. The molecule has 134 valence electrons. The van der Waals surface area contributed by atoms with E-state index in [0.29, 0.717) is 23.5 Å². The molecule has 0 fully saturated rings. The SMILES string of the molecule is C#CCn1c(=NC(=O)c2cc3ccccc3o2)sc2cc(OCC)ccc21. The van der Waals surface area contributed by atoms with Gasteiger partial charge < -0.3 is 13.7 Å². The van der Waals surface area contributed by atoms with Crippen molar-refractivity contribution in [1.82, 2.24) is 4.57 Å². The minimum atomic E-state index is -0.437. The van der Waals surface area contributed by atoms with E-state index >= 15 is 0 Å². The van der Waals surface area contributed by atoms with Crippen LogP contribution in [0.5, 0.6) is 5.75 Å². The highest BCUT2D eigenvalue weighted by atomic mass is 32.1. The number of nitrogens with zero attached hydrogens (tertiary/aromatic N) is 2. The van der Waals surface area contributed by atoms with Crippen LogP contribution in [0.1, 0.15) is 17.5 Å². The number of amides is 1. The van der Waals surface area contributed by atoms with Gasteiger partial charge in [0.15, 0.2) is 10.6 Å². The molecule has 1 amide bonds. The van der Waals surface area contributed by atoms with Gasteiger partial charge >= 0.3 is 5.91 Å². The summed E-state index contributed by atoms with van der Waals surface area (Å²) in [6, 6.07) is 14.9. The molecule has 5 nitrogen and oxygen atoms in total. The Balaban J connectivity index is 1.81. The van der Waals surface area contributed by atoms with Crippen LogP contribution in [0.25, 0.3) is 21.2 Å². The topological polar surface area (TPSA) is 56.7 Å². The number of terminal acetylenes is 1. The Labute approximate surface area is 159 Å². The highest BCUT2D eigenvalue weighted by molar-refractivity contribution is 7.16. The van der Waals surface area contributed by atoms with Crippen LogP contribution in [0.4, 0.5) is 0 Å². The normalized spacial score (nSPS) is 11.8. The summed E-state index contributed by atoms with van der Waals surface area (Å²) in [4.78, 5) is 17.4. The van der Waals surface area contributed by atoms with Crippen molar-refractivity contribution in [2.75, 3.05) is 6.61 Å². The number of para-hydroxylation sites is 1. The van der Waals surface area contributed by atoms with Crippen molar-refractivity contribution in [3.8, 4) is 18.1 Å². The van der Waals surface area contributed by atoms with Gasteiger partial charge in [0.25, 0.3) is 0 Å². The molecule has 0 unspecified atom stereocenters. The molecule has 4 rings (SSSR count). The molecule has 6 heteroatoms. The number of hydrogen-bond acceptors (Lipinski definition) is 4. The molecular weight excluding hydrogens is 360 g/mol. The van der Waals surface area contributed by atoms with Crippen LogP contribution >= 0.6 is 11.3 Å². The number of ether oxygens (including phenoxy) is 1. The molecule has 0 radical (unpaired) electrons. The van der Waals surface area contributed by atoms with E-state index in [-0.39, 0.29) is 5.76 Å². The summed E-state index contributed by atoms with van der Waals surface area (Å²) in [7, 11) is 0. The molecule has 0 atom stereocenters. The fourth-order valence-corrected chi connectivity index (χ4v) is 3.92. The third kappa shape index (κ3) is 3.25. The van der Waals surface area contributed by atoms with Crippen LogP contribution in [0.3, 0.4) is 0 Å². The van der Waals surface area contributed by atoms with Crippen LogP contribution in [0, 0.1) is 12.3 Å². The lowest BCUT2D eigenvalue weighted by atomic mass is 10.2. The maximum atomic E-state index is 12.6. The van der Waals surface area contributed by atoms with Crippen molar-refractivity contribution in [1.29, 1.82) is 0 Å². The average Bonchev–Trinajstić information content (AvgIpc) is 3.24. The van der Waals surface area contributed by atoms with Gasteiger partial charge in [-0.1, -0.05) is 35.5 Å². The number of benzene rings is 2. The second-order valence-corrected chi connectivity index (χ2v) is 6.81. The number of carbonyl (C=O) groups excluding carboxylic acids is 1. The number of rotatable bonds is 4. The first-order chi connectivity index (χ1) is 13.2. The predicted molar refractivity (Wildman–Crippen MR) is 106 cm³/mol. The zero-order chi connectivity index (χ0) is 18.8. The Bertz CT molecular complexity index is 1220. The molecule has 0 aliphatic rings. The number of carbonyl (C=O) groups is 1. The van der Waals surface area contributed by atoms with Crippen molar-refractivity contribution < 1.29 is 13.9 Å². The van der Waals surface area contributed by atoms with E-state index in [1.165, 1.54) is 11.3 Å². The lowest BCUT2D eigenvalue weighted by Gasteiger charge is -2.03. The summed E-state index contributed by atoms with van der Waals surface area (Å²) >= 11 is 1.39. The first kappa shape index (κ1) is 17.1. The number of aromatic nitrogens is 1. The summed E-state index contributed by atoms with van der Waals surface area (Å²) in [5.74, 6) is 3.16. The molecule has 0 N–H and O–H groups in total. The van der Waals surface area contributed by atoms with E-state index in [1.54, 1.807) is 6.07 Å². The van der Waals surface area contributed by atoms with Gasteiger partial charge in [0, 0.05) is 5.39 Å². The number of furan rings is 1. The van der Waals surface area contributed by atoms with E-state index < -0.39 is 5.91 Å². The molecule has 0 bridgehead atoms. The van der Waals surface area contributed by atoms with Crippen molar-refractivity contribution in [2.45, 2.75) is 13.5 Å². The summed E-state index contributed by atoms with van der Waals surface area (Å²) in [6.07, 6.45) is 5.51. The number of thiazole rings is 1. The van der Waals surface area contributed by atoms with Crippen LogP contribution < -0.4 is 9.54 Å². The maximum Gasteiger partial charge on any atom is 0.315 e. The predicted octanol–water partition coefficient (Wildman–Crippen LogP) is 4.22. The molecule has 0 saturated heterocycles.